The van der Waals surface area contributed by atoms with Gasteiger partial charge >= 0.3 is 0 Å². The molecule has 2 rings (SSSR count). The minimum absolute atomic E-state index is 0.810. The van der Waals surface area contributed by atoms with Crippen molar-refractivity contribution in [1.29, 1.82) is 0 Å². The summed E-state index contributed by atoms with van der Waals surface area (Å²) in [5, 5.41) is 7.32. The molecule has 2 aromatic rings. The van der Waals surface area contributed by atoms with Crippen LogP contribution in [0.2, 0.25) is 0 Å². The molecule has 0 spiro atoms. The monoisotopic (exact) mass is 194 g/mol. The lowest BCUT2D eigenvalue weighted by molar-refractivity contribution is 0.769. The summed E-state index contributed by atoms with van der Waals surface area (Å²) in [7, 11) is 1.91. The molecule has 0 aliphatic heterocycles. The van der Waals surface area contributed by atoms with E-state index in [4.69, 9.17) is 0 Å². The Labute approximate surface area is 80.2 Å². The first-order valence-electron chi connectivity index (χ1n) is 3.95. The molecule has 0 unspecified atom stereocenters. The summed E-state index contributed by atoms with van der Waals surface area (Å²) in [5.41, 5.74) is 1.83. The molecular formula is C8H10N4S. The lowest BCUT2D eigenvalue weighted by Crippen LogP contribution is -2.03. The van der Waals surface area contributed by atoms with Crippen LogP contribution >= 0.6 is 11.3 Å². The van der Waals surface area contributed by atoms with E-state index < -0.39 is 0 Å². The number of rotatable bonds is 3. The van der Waals surface area contributed by atoms with E-state index in [1.54, 1.807) is 22.2 Å². The number of nitrogens with one attached hydrogen (secondary N) is 1. The second kappa shape index (κ2) is 3.57. The molecule has 0 atom stereocenters. The van der Waals surface area contributed by atoms with Crippen LogP contribution < -0.4 is 5.32 Å². The Morgan fingerprint density at radius 2 is 2.54 bits per heavy atom. The van der Waals surface area contributed by atoms with Gasteiger partial charge < -0.3 is 5.32 Å². The summed E-state index contributed by atoms with van der Waals surface area (Å²) in [6.45, 7) is 0.810. The lowest BCUT2D eigenvalue weighted by atomic mass is 10.5. The fourth-order valence-corrected chi connectivity index (χ4v) is 1.59. The third-order valence-corrected chi connectivity index (χ3v) is 2.53. The molecule has 13 heavy (non-hydrogen) atoms. The Morgan fingerprint density at radius 3 is 3.15 bits per heavy atom. The Bertz CT molecular complexity index is 365. The maximum Gasteiger partial charge on any atom is 0.124 e. The molecule has 5 heteroatoms. The zero-order valence-electron chi connectivity index (χ0n) is 7.27. The minimum atomic E-state index is 0.810. The van der Waals surface area contributed by atoms with E-state index in [1.807, 2.05) is 24.8 Å². The number of aromatic nitrogens is 3. The van der Waals surface area contributed by atoms with E-state index in [1.165, 1.54) is 4.88 Å². The second-order valence-electron chi connectivity index (χ2n) is 2.66. The van der Waals surface area contributed by atoms with Crippen LogP contribution in [-0.4, -0.2) is 14.8 Å². The van der Waals surface area contributed by atoms with Gasteiger partial charge in [-0.2, -0.15) is 5.10 Å². The molecule has 0 aliphatic rings. The van der Waals surface area contributed by atoms with Gasteiger partial charge in [-0.1, -0.05) is 0 Å². The number of anilines is 1. The highest BCUT2D eigenvalue weighted by Gasteiger charge is 1.97. The third kappa shape index (κ3) is 1.86. The van der Waals surface area contributed by atoms with Crippen LogP contribution in [0.3, 0.4) is 0 Å². The number of thiazole rings is 1. The Morgan fingerprint density at radius 1 is 1.62 bits per heavy atom. The SMILES string of the molecule is Cn1nccc1NCc1cncs1. The number of hydrogen-bond acceptors (Lipinski definition) is 4. The average Bonchev–Trinajstić information content (AvgIpc) is 2.72. The standard InChI is InChI=1S/C8H10N4S/c1-12-8(2-3-11-12)10-5-7-4-9-6-13-7/h2-4,6,10H,5H2,1H3. The molecule has 0 bridgehead atoms. The van der Waals surface area contributed by atoms with Crippen molar-refractivity contribution >= 4 is 17.2 Å². The molecule has 1 N–H and O–H groups in total. The van der Waals surface area contributed by atoms with Gasteiger partial charge in [0, 0.05) is 24.2 Å². The van der Waals surface area contributed by atoms with E-state index in [0.29, 0.717) is 0 Å². The van der Waals surface area contributed by atoms with Crippen molar-refractivity contribution in [3.05, 3.63) is 28.8 Å². The van der Waals surface area contributed by atoms with Crippen molar-refractivity contribution < 1.29 is 0 Å². The second-order valence-corrected chi connectivity index (χ2v) is 3.63. The molecule has 0 aromatic carbocycles. The van der Waals surface area contributed by atoms with Crippen LogP contribution in [-0.2, 0) is 13.6 Å². The first-order chi connectivity index (χ1) is 6.36. The topological polar surface area (TPSA) is 42.7 Å². The van der Waals surface area contributed by atoms with Crippen molar-refractivity contribution in [3.63, 3.8) is 0 Å². The summed E-state index contributed by atoms with van der Waals surface area (Å²) in [5.74, 6) is 1.02. The predicted octanol–water partition coefficient (Wildman–Crippen LogP) is 1.49. The fourth-order valence-electron chi connectivity index (χ4n) is 1.05. The fraction of sp³-hybridized carbons (Fsp3) is 0.250. The lowest BCUT2D eigenvalue weighted by Gasteiger charge is -2.03. The van der Waals surface area contributed by atoms with Crippen molar-refractivity contribution in [1.82, 2.24) is 14.8 Å². The van der Waals surface area contributed by atoms with E-state index in [2.05, 4.69) is 15.4 Å². The highest BCUT2D eigenvalue weighted by Crippen LogP contribution is 2.09. The van der Waals surface area contributed by atoms with Crippen molar-refractivity contribution in [2.75, 3.05) is 5.32 Å². The van der Waals surface area contributed by atoms with Gasteiger partial charge in [0.15, 0.2) is 0 Å². The molecule has 0 saturated carbocycles. The van der Waals surface area contributed by atoms with Crippen molar-refractivity contribution in [2.45, 2.75) is 6.54 Å². The minimum Gasteiger partial charge on any atom is -0.365 e. The largest absolute Gasteiger partial charge is 0.365 e. The summed E-state index contributed by atoms with van der Waals surface area (Å²) in [6.07, 6.45) is 3.64. The van der Waals surface area contributed by atoms with Crippen LogP contribution in [0.4, 0.5) is 5.82 Å². The van der Waals surface area contributed by atoms with Crippen LogP contribution in [0.5, 0.6) is 0 Å². The van der Waals surface area contributed by atoms with E-state index in [9.17, 15) is 0 Å². The molecule has 0 radical (unpaired) electrons. The molecular weight excluding hydrogens is 184 g/mol. The number of nitrogens with zero attached hydrogens (tertiary/aromatic N) is 3. The Balaban J connectivity index is 1.97. The average molecular weight is 194 g/mol. The number of hydrogen-bond donors (Lipinski definition) is 1. The molecule has 0 aliphatic carbocycles. The summed E-state index contributed by atoms with van der Waals surface area (Å²) in [6, 6.07) is 1.95. The first kappa shape index (κ1) is 8.25. The maximum absolute atomic E-state index is 4.06. The van der Waals surface area contributed by atoms with Gasteiger partial charge in [-0.25, -0.2) is 0 Å². The zero-order valence-corrected chi connectivity index (χ0v) is 8.08. The van der Waals surface area contributed by atoms with Crippen molar-refractivity contribution in [2.24, 2.45) is 7.05 Å². The summed E-state index contributed by atoms with van der Waals surface area (Å²) < 4.78 is 1.81. The van der Waals surface area contributed by atoms with Gasteiger partial charge in [0.2, 0.25) is 0 Å². The molecule has 2 heterocycles. The highest BCUT2D eigenvalue weighted by atomic mass is 32.1. The molecule has 0 saturated heterocycles. The highest BCUT2D eigenvalue weighted by molar-refractivity contribution is 7.09. The predicted molar refractivity (Wildman–Crippen MR) is 52.6 cm³/mol. The first-order valence-corrected chi connectivity index (χ1v) is 4.83. The van der Waals surface area contributed by atoms with E-state index in [-0.39, 0.29) is 0 Å². The van der Waals surface area contributed by atoms with Gasteiger partial charge in [0.25, 0.3) is 0 Å². The molecule has 2 aromatic heterocycles. The van der Waals surface area contributed by atoms with Gasteiger partial charge in [0.1, 0.15) is 5.82 Å². The Kier molecular flexibility index (Phi) is 2.27. The molecule has 68 valence electrons. The smallest absolute Gasteiger partial charge is 0.124 e. The maximum atomic E-state index is 4.06. The Hall–Kier alpha value is -1.36. The third-order valence-electron chi connectivity index (χ3n) is 1.75. The van der Waals surface area contributed by atoms with Gasteiger partial charge in [-0.15, -0.1) is 11.3 Å². The van der Waals surface area contributed by atoms with E-state index >= 15 is 0 Å². The quantitative estimate of drug-likeness (QED) is 0.805. The molecule has 0 amide bonds. The summed E-state index contributed by atoms with van der Waals surface area (Å²) in [4.78, 5) is 5.22. The summed E-state index contributed by atoms with van der Waals surface area (Å²) >= 11 is 1.65. The van der Waals surface area contributed by atoms with Gasteiger partial charge in [-0.3, -0.25) is 9.67 Å². The van der Waals surface area contributed by atoms with Crippen LogP contribution in [0.1, 0.15) is 4.88 Å². The van der Waals surface area contributed by atoms with Crippen LogP contribution in [0.25, 0.3) is 0 Å². The van der Waals surface area contributed by atoms with Gasteiger partial charge in [0.05, 0.1) is 18.3 Å². The van der Waals surface area contributed by atoms with Crippen molar-refractivity contribution in [3.8, 4) is 0 Å². The number of aryl methyl sites for hydroxylation is 1. The molecule has 4 nitrogen and oxygen atoms in total. The normalized spacial score (nSPS) is 10.2. The zero-order chi connectivity index (χ0) is 9.10. The van der Waals surface area contributed by atoms with Gasteiger partial charge in [-0.05, 0) is 0 Å². The van der Waals surface area contributed by atoms with Crippen LogP contribution in [0.15, 0.2) is 24.0 Å². The molecule has 0 fully saturated rings. The van der Waals surface area contributed by atoms with E-state index in [0.717, 1.165) is 12.4 Å². The van der Waals surface area contributed by atoms with Crippen LogP contribution in [0, 0.1) is 0 Å².